The molecule has 5 heteroatoms. The average molecular weight is 239 g/mol. The van der Waals surface area contributed by atoms with Crippen LogP contribution >= 0.6 is 0 Å². The van der Waals surface area contributed by atoms with Crippen molar-refractivity contribution >= 4 is 11.6 Å². The minimum absolute atomic E-state index is 0.351. The third-order valence-electron chi connectivity index (χ3n) is 2.55. The maximum atomic E-state index is 8.88. The third kappa shape index (κ3) is 2.43. The van der Waals surface area contributed by atoms with E-state index in [0.29, 0.717) is 11.6 Å². The number of nitrogens with one attached hydrogen (secondary N) is 1. The fourth-order valence-electron chi connectivity index (χ4n) is 1.68. The fourth-order valence-corrected chi connectivity index (χ4v) is 1.68. The van der Waals surface area contributed by atoms with Crippen LogP contribution in [0.25, 0.3) is 0 Å². The highest BCUT2D eigenvalue weighted by Gasteiger charge is 2.07. The van der Waals surface area contributed by atoms with Crippen LogP contribution in [-0.4, -0.2) is 15.0 Å². The van der Waals surface area contributed by atoms with E-state index in [1.54, 1.807) is 12.3 Å². The average Bonchev–Trinajstić information content (AvgIpc) is 2.33. The van der Waals surface area contributed by atoms with Crippen molar-refractivity contribution in [2.45, 2.75) is 20.8 Å². The molecule has 5 nitrogen and oxygen atoms in total. The number of nitriles is 1. The molecule has 0 aliphatic carbocycles. The largest absolute Gasteiger partial charge is 0.322 e. The second-order valence-corrected chi connectivity index (χ2v) is 4.04. The van der Waals surface area contributed by atoms with Crippen LogP contribution in [0.15, 0.2) is 18.3 Å². The molecular weight excluding hydrogens is 226 g/mol. The molecule has 2 aromatic rings. The third-order valence-corrected chi connectivity index (χ3v) is 2.55. The standard InChI is InChI=1S/C13H13N5/c1-8-4-5-15-10(3)12(8)18-13-16-9(2)6-11(7-14)17-13/h4-6H,1-3H3,(H,16,17,18). The zero-order chi connectivity index (χ0) is 13.1. The van der Waals surface area contributed by atoms with Gasteiger partial charge in [-0.05, 0) is 38.5 Å². The Morgan fingerprint density at radius 1 is 1.22 bits per heavy atom. The molecule has 0 aliphatic heterocycles. The summed E-state index contributed by atoms with van der Waals surface area (Å²) in [4.78, 5) is 12.6. The molecule has 90 valence electrons. The monoisotopic (exact) mass is 239 g/mol. The molecule has 2 heterocycles. The summed E-state index contributed by atoms with van der Waals surface area (Å²) in [6, 6.07) is 5.58. The highest BCUT2D eigenvalue weighted by molar-refractivity contribution is 5.60. The predicted octanol–water partition coefficient (Wildman–Crippen LogP) is 2.41. The van der Waals surface area contributed by atoms with Crippen LogP contribution < -0.4 is 5.32 Å². The molecule has 0 aliphatic rings. The van der Waals surface area contributed by atoms with Crippen molar-refractivity contribution in [3.63, 3.8) is 0 Å². The van der Waals surface area contributed by atoms with Crippen LogP contribution in [0.1, 0.15) is 22.6 Å². The van der Waals surface area contributed by atoms with Crippen LogP contribution in [0.5, 0.6) is 0 Å². The highest BCUT2D eigenvalue weighted by Crippen LogP contribution is 2.20. The lowest BCUT2D eigenvalue weighted by molar-refractivity contribution is 1.07. The number of aromatic nitrogens is 3. The van der Waals surface area contributed by atoms with Crippen molar-refractivity contribution < 1.29 is 0 Å². The van der Waals surface area contributed by atoms with Gasteiger partial charge in [0.05, 0.1) is 11.4 Å². The van der Waals surface area contributed by atoms with Crippen LogP contribution in [0, 0.1) is 32.1 Å². The van der Waals surface area contributed by atoms with Gasteiger partial charge in [-0.2, -0.15) is 5.26 Å². The molecule has 0 amide bonds. The second kappa shape index (κ2) is 4.80. The van der Waals surface area contributed by atoms with Gasteiger partial charge >= 0.3 is 0 Å². The van der Waals surface area contributed by atoms with Gasteiger partial charge in [-0.3, -0.25) is 4.98 Å². The lowest BCUT2D eigenvalue weighted by Crippen LogP contribution is -2.03. The van der Waals surface area contributed by atoms with Gasteiger partial charge in [0.2, 0.25) is 5.95 Å². The van der Waals surface area contributed by atoms with Crippen LogP contribution in [-0.2, 0) is 0 Å². The molecule has 2 rings (SSSR count). The molecule has 2 aromatic heterocycles. The number of rotatable bonds is 2. The van der Waals surface area contributed by atoms with Gasteiger partial charge in [0, 0.05) is 11.9 Å². The molecule has 0 unspecified atom stereocenters. The number of aryl methyl sites for hydroxylation is 3. The van der Waals surface area contributed by atoms with E-state index < -0.39 is 0 Å². The summed E-state index contributed by atoms with van der Waals surface area (Å²) in [6.07, 6.45) is 1.76. The minimum Gasteiger partial charge on any atom is -0.322 e. The van der Waals surface area contributed by atoms with E-state index in [1.165, 1.54) is 0 Å². The summed E-state index contributed by atoms with van der Waals surface area (Å²) in [5.41, 5.74) is 3.92. The molecule has 0 spiro atoms. The molecule has 0 radical (unpaired) electrons. The minimum atomic E-state index is 0.351. The van der Waals surface area contributed by atoms with Crippen LogP contribution in [0.4, 0.5) is 11.6 Å². The highest BCUT2D eigenvalue weighted by atomic mass is 15.1. The van der Waals surface area contributed by atoms with Gasteiger partial charge in [-0.1, -0.05) is 0 Å². The summed E-state index contributed by atoms with van der Waals surface area (Å²) >= 11 is 0. The SMILES string of the molecule is Cc1cc(C#N)nc(Nc2c(C)ccnc2C)n1. The smallest absolute Gasteiger partial charge is 0.228 e. The molecule has 18 heavy (non-hydrogen) atoms. The molecule has 0 bridgehead atoms. The Labute approximate surface area is 106 Å². The molecule has 0 fully saturated rings. The zero-order valence-electron chi connectivity index (χ0n) is 10.5. The Bertz CT molecular complexity index is 608. The van der Waals surface area contributed by atoms with Crippen molar-refractivity contribution in [2.24, 2.45) is 0 Å². The fraction of sp³-hybridized carbons (Fsp3) is 0.231. The number of pyridine rings is 1. The van der Waals surface area contributed by atoms with E-state index in [1.807, 2.05) is 32.9 Å². The van der Waals surface area contributed by atoms with E-state index in [9.17, 15) is 0 Å². The molecule has 0 atom stereocenters. The van der Waals surface area contributed by atoms with Crippen molar-refractivity contribution in [3.05, 3.63) is 41.0 Å². The van der Waals surface area contributed by atoms with E-state index >= 15 is 0 Å². The first kappa shape index (κ1) is 12.0. The topological polar surface area (TPSA) is 74.5 Å². The van der Waals surface area contributed by atoms with Gasteiger partial charge in [0.25, 0.3) is 0 Å². The molecule has 1 N–H and O–H groups in total. The quantitative estimate of drug-likeness (QED) is 0.871. The Morgan fingerprint density at radius 3 is 2.67 bits per heavy atom. The summed E-state index contributed by atoms with van der Waals surface area (Å²) in [5, 5.41) is 12.0. The Morgan fingerprint density at radius 2 is 2.00 bits per heavy atom. The van der Waals surface area contributed by atoms with Gasteiger partial charge in [0.1, 0.15) is 11.8 Å². The Balaban J connectivity index is 2.40. The maximum Gasteiger partial charge on any atom is 0.228 e. The van der Waals surface area contributed by atoms with Gasteiger partial charge in [-0.15, -0.1) is 0 Å². The van der Waals surface area contributed by atoms with Gasteiger partial charge in [-0.25, -0.2) is 9.97 Å². The summed E-state index contributed by atoms with van der Waals surface area (Å²) < 4.78 is 0. The normalized spacial score (nSPS) is 9.89. The number of hydrogen-bond acceptors (Lipinski definition) is 5. The predicted molar refractivity (Wildman–Crippen MR) is 68.5 cm³/mol. The first-order valence-electron chi connectivity index (χ1n) is 5.55. The van der Waals surface area contributed by atoms with Crippen LogP contribution in [0.3, 0.4) is 0 Å². The molecule has 0 saturated carbocycles. The van der Waals surface area contributed by atoms with E-state index in [0.717, 1.165) is 22.6 Å². The Hall–Kier alpha value is -2.48. The summed E-state index contributed by atoms with van der Waals surface area (Å²) in [7, 11) is 0. The first-order chi connectivity index (χ1) is 8.60. The number of anilines is 2. The maximum absolute atomic E-state index is 8.88. The summed E-state index contributed by atoms with van der Waals surface area (Å²) in [6.45, 7) is 5.73. The van der Waals surface area contributed by atoms with Crippen LogP contribution in [0.2, 0.25) is 0 Å². The van der Waals surface area contributed by atoms with E-state index in [-0.39, 0.29) is 0 Å². The van der Waals surface area contributed by atoms with E-state index in [2.05, 4.69) is 20.3 Å². The van der Waals surface area contributed by atoms with Crippen molar-refractivity contribution in [1.29, 1.82) is 5.26 Å². The zero-order valence-corrected chi connectivity index (χ0v) is 10.5. The van der Waals surface area contributed by atoms with Crippen molar-refractivity contribution in [1.82, 2.24) is 15.0 Å². The molecule has 0 saturated heterocycles. The van der Waals surface area contributed by atoms with Crippen molar-refractivity contribution in [3.8, 4) is 6.07 Å². The molecule has 0 aromatic carbocycles. The number of hydrogen-bond donors (Lipinski definition) is 1. The van der Waals surface area contributed by atoms with E-state index in [4.69, 9.17) is 5.26 Å². The second-order valence-electron chi connectivity index (χ2n) is 4.04. The van der Waals surface area contributed by atoms with Gasteiger partial charge < -0.3 is 5.32 Å². The van der Waals surface area contributed by atoms with Gasteiger partial charge in [0.15, 0.2) is 0 Å². The van der Waals surface area contributed by atoms with Crippen molar-refractivity contribution in [2.75, 3.05) is 5.32 Å². The first-order valence-corrected chi connectivity index (χ1v) is 5.55. The lowest BCUT2D eigenvalue weighted by Gasteiger charge is -2.10. The Kier molecular flexibility index (Phi) is 3.20. The number of nitrogens with zero attached hydrogens (tertiary/aromatic N) is 4. The lowest BCUT2D eigenvalue weighted by atomic mass is 10.2. The summed E-state index contributed by atoms with van der Waals surface area (Å²) in [5.74, 6) is 0.422. The molecular formula is C13H13N5.